The van der Waals surface area contributed by atoms with Crippen LogP contribution in [-0.4, -0.2) is 57.0 Å². The summed E-state index contributed by atoms with van der Waals surface area (Å²) < 4.78 is 26.7. The van der Waals surface area contributed by atoms with Gasteiger partial charge in [-0.1, -0.05) is 27.2 Å². The SMILES string of the molecule is C#CC[C@H]1C(=O)C(C)(C)[C@@H](O)CC(=O)O[C@H](/C(F)=C/c2csc(C)n2)CC2OC2(C)CCC[C@H](C)[C@@H]1O. The third-order valence-corrected chi connectivity index (χ3v) is 8.59. The zero-order chi connectivity index (χ0) is 27.5. The van der Waals surface area contributed by atoms with Crippen LogP contribution in [0, 0.1) is 36.5 Å². The van der Waals surface area contributed by atoms with Gasteiger partial charge >= 0.3 is 5.97 Å². The molecule has 1 aromatic rings. The van der Waals surface area contributed by atoms with Crippen LogP contribution in [0.2, 0.25) is 0 Å². The number of rotatable bonds is 3. The smallest absolute Gasteiger partial charge is 0.309 e. The van der Waals surface area contributed by atoms with E-state index in [9.17, 15) is 19.8 Å². The average Bonchev–Trinajstić information content (AvgIpc) is 3.27. The van der Waals surface area contributed by atoms with Gasteiger partial charge in [0.1, 0.15) is 11.6 Å². The average molecular weight is 536 g/mol. The van der Waals surface area contributed by atoms with Crippen LogP contribution in [0.3, 0.4) is 0 Å². The number of cyclic esters (lactones) is 1. The second-order valence-corrected chi connectivity index (χ2v) is 12.2. The first-order chi connectivity index (χ1) is 17.3. The number of ketones is 1. The number of nitrogens with zero attached hydrogens (tertiary/aromatic N) is 1. The minimum atomic E-state index is -1.42. The molecular weight excluding hydrogens is 497 g/mol. The second kappa shape index (κ2) is 11.7. The lowest BCUT2D eigenvalue weighted by molar-refractivity contribution is -0.155. The van der Waals surface area contributed by atoms with E-state index >= 15 is 4.39 Å². The number of fused-ring (bicyclic) bond motifs is 1. The normalized spacial score (nSPS) is 35.8. The van der Waals surface area contributed by atoms with Crippen LogP contribution in [0.15, 0.2) is 11.2 Å². The Bertz CT molecular complexity index is 1060. The number of aromatic nitrogens is 1. The van der Waals surface area contributed by atoms with E-state index in [-0.39, 0.29) is 24.9 Å². The Kier molecular flexibility index (Phi) is 9.33. The van der Waals surface area contributed by atoms with Crippen molar-refractivity contribution in [2.45, 2.75) is 103 Å². The van der Waals surface area contributed by atoms with Crippen LogP contribution >= 0.6 is 11.3 Å². The maximum atomic E-state index is 15.3. The van der Waals surface area contributed by atoms with Crippen molar-refractivity contribution in [1.29, 1.82) is 0 Å². The van der Waals surface area contributed by atoms with E-state index in [1.807, 2.05) is 20.8 Å². The molecule has 2 fully saturated rings. The highest BCUT2D eigenvalue weighted by molar-refractivity contribution is 7.09. The summed E-state index contributed by atoms with van der Waals surface area (Å²) in [6.07, 6.45) is 4.46. The highest BCUT2D eigenvalue weighted by Crippen LogP contribution is 2.45. The molecule has 2 aliphatic heterocycles. The van der Waals surface area contributed by atoms with Crippen molar-refractivity contribution in [3.8, 4) is 12.3 Å². The van der Waals surface area contributed by atoms with Gasteiger partial charge in [-0.15, -0.1) is 23.7 Å². The number of aryl methyl sites for hydroxylation is 1. The van der Waals surface area contributed by atoms with Crippen molar-refractivity contribution in [2.75, 3.05) is 0 Å². The van der Waals surface area contributed by atoms with Gasteiger partial charge in [0.15, 0.2) is 6.10 Å². The molecule has 0 radical (unpaired) electrons. The topological polar surface area (TPSA) is 109 Å². The number of epoxide rings is 1. The van der Waals surface area contributed by atoms with Gasteiger partial charge in [0, 0.05) is 18.2 Å². The monoisotopic (exact) mass is 535 g/mol. The van der Waals surface area contributed by atoms with Gasteiger partial charge in [-0.25, -0.2) is 9.37 Å². The molecule has 9 heteroatoms. The van der Waals surface area contributed by atoms with Gasteiger partial charge in [-0.2, -0.15) is 0 Å². The van der Waals surface area contributed by atoms with Crippen LogP contribution in [0.25, 0.3) is 6.08 Å². The third-order valence-electron chi connectivity index (χ3n) is 7.80. The maximum Gasteiger partial charge on any atom is 0.309 e. The van der Waals surface area contributed by atoms with Crippen LogP contribution in [0.1, 0.15) is 76.9 Å². The number of carbonyl (C=O) groups is 2. The number of Topliss-reactive ketones (excluding diaryl/α,β-unsaturated/α-hetero) is 1. The molecule has 1 aromatic heterocycles. The molecule has 2 N–H and O–H groups in total. The summed E-state index contributed by atoms with van der Waals surface area (Å²) in [6, 6.07) is 0. The van der Waals surface area contributed by atoms with Crippen molar-refractivity contribution in [2.24, 2.45) is 17.3 Å². The Hall–Kier alpha value is -2.12. The molecular formula is C28H38FNO6S. The number of terminal acetylenes is 1. The number of aliphatic hydroxyl groups is 2. The zero-order valence-corrected chi connectivity index (χ0v) is 23.0. The van der Waals surface area contributed by atoms with E-state index < -0.39 is 59.2 Å². The molecule has 0 aliphatic carbocycles. The number of esters is 1. The molecule has 7 atom stereocenters. The van der Waals surface area contributed by atoms with E-state index in [1.54, 1.807) is 5.38 Å². The lowest BCUT2D eigenvalue weighted by Gasteiger charge is -2.35. The molecule has 2 unspecified atom stereocenters. The Morgan fingerprint density at radius 2 is 2.05 bits per heavy atom. The van der Waals surface area contributed by atoms with Gasteiger partial charge in [0.2, 0.25) is 0 Å². The van der Waals surface area contributed by atoms with Gasteiger partial charge in [-0.05, 0) is 38.7 Å². The molecule has 0 saturated carbocycles. The Morgan fingerprint density at radius 1 is 1.35 bits per heavy atom. The Labute approximate surface area is 222 Å². The van der Waals surface area contributed by atoms with Crippen molar-refractivity contribution in [3.05, 3.63) is 21.9 Å². The van der Waals surface area contributed by atoms with E-state index in [2.05, 4.69) is 10.9 Å². The number of hydrogen-bond acceptors (Lipinski definition) is 8. The molecule has 0 amide bonds. The van der Waals surface area contributed by atoms with Gasteiger partial charge in [0.25, 0.3) is 0 Å². The van der Waals surface area contributed by atoms with Crippen LogP contribution in [0.4, 0.5) is 4.39 Å². The largest absolute Gasteiger partial charge is 0.455 e. The number of halogens is 1. The van der Waals surface area contributed by atoms with E-state index in [0.717, 1.165) is 11.4 Å². The van der Waals surface area contributed by atoms with Gasteiger partial charge in [-0.3, -0.25) is 9.59 Å². The summed E-state index contributed by atoms with van der Waals surface area (Å²) in [7, 11) is 0. The molecule has 3 rings (SSSR count). The number of carbonyl (C=O) groups excluding carboxylic acids is 2. The van der Waals surface area contributed by atoms with E-state index in [4.69, 9.17) is 15.9 Å². The minimum absolute atomic E-state index is 0.0159. The van der Waals surface area contributed by atoms with E-state index in [1.165, 1.54) is 31.3 Å². The quantitative estimate of drug-likeness (QED) is 0.336. The first kappa shape index (κ1) is 29.4. The highest BCUT2D eigenvalue weighted by atomic mass is 32.1. The number of hydrogen-bond donors (Lipinski definition) is 2. The first-order valence-corrected chi connectivity index (χ1v) is 13.7. The van der Waals surface area contributed by atoms with Crippen LogP contribution in [0.5, 0.6) is 0 Å². The Balaban J connectivity index is 1.89. The van der Waals surface area contributed by atoms with Crippen molar-refractivity contribution in [1.82, 2.24) is 4.98 Å². The summed E-state index contributed by atoms with van der Waals surface area (Å²) in [6.45, 7) is 8.65. The zero-order valence-electron chi connectivity index (χ0n) is 22.2. The van der Waals surface area contributed by atoms with Crippen molar-refractivity contribution >= 4 is 29.2 Å². The molecule has 204 valence electrons. The summed E-state index contributed by atoms with van der Waals surface area (Å²) >= 11 is 1.38. The predicted molar refractivity (Wildman–Crippen MR) is 139 cm³/mol. The summed E-state index contributed by atoms with van der Waals surface area (Å²) in [4.78, 5) is 30.5. The van der Waals surface area contributed by atoms with Crippen LogP contribution in [-0.2, 0) is 19.1 Å². The minimum Gasteiger partial charge on any atom is -0.455 e. The Morgan fingerprint density at radius 3 is 2.68 bits per heavy atom. The fraction of sp³-hybridized carbons (Fsp3) is 0.679. The van der Waals surface area contributed by atoms with Crippen molar-refractivity contribution < 1.29 is 33.7 Å². The summed E-state index contributed by atoms with van der Waals surface area (Å²) in [5, 5.41) is 24.4. The highest BCUT2D eigenvalue weighted by Gasteiger charge is 2.53. The molecule has 2 saturated heterocycles. The van der Waals surface area contributed by atoms with E-state index in [0.29, 0.717) is 18.5 Å². The molecule has 37 heavy (non-hydrogen) atoms. The third kappa shape index (κ3) is 7.05. The standard InChI is InChI=1S/C28H38FNO6S/c1-7-9-19-25(33)16(2)10-8-11-28(6)23(36-28)13-21(20(29)12-18-15-37-17(3)30-18)35-24(32)14-22(31)27(4,5)26(19)34/h1,12,15-16,19,21-23,25,31,33H,8-11,13-14H2,2-6H3/b20-12-/t16-,19+,21-,22-,23?,25-,28?/m0/s1. The van der Waals surface area contributed by atoms with Gasteiger partial charge < -0.3 is 19.7 Å². The number of ether oxygens (including phenoxy) is 2. The molecule has 7 nitrogen and oxygen atoms in total. The van der Waals surface area contributed by atoms with Crippen molar-refractivity contribution in [3.63, 3.8) is 0 Å². The fourth-order valence-electron chi connectivity index (χ4n) is 5.00. The summed E-state index contributed by atoms with van der Waals surface area (Å²) in [5.74, 6) is -0.557. The molecule has 0 aromatic carbocycles. The molecule has 3 heterocycles. The van der Waals surface area contributed by atoms with Gasteiger partial charge in [0.05, 0.1) is 52.4 Å². The first-order valence-electron chi connectivity index (χ1n) is 12.8. The molecule has 0 bridgehead atoms. The number of aliphatic hydroxyl groups excluding tert-OH is 2. The lowest BCUT2D eigenvalue weighted by atomic mass is 9.71. The summed E-state index contributed by atoms with van der Waals surface area (Å²) in [5.41, 5.74) is -1.46. The number of thiazole rings is 1. The predicted octanol–water partition coefficient (Wildman–Crippen LogP) is 4.39. The fourth-order valence-corrected chi connectivity index (χ4v) is 5.57. The molecule has 0 spiro atoms. The lowest BCUT2D eigenvalue weighted by Crippen LogP contribution is -2.46. The second-order valence-electron chi connectivity index (χ2n) is 11.1. The van der Waals surface area contributed by atoms with Crippen LogP contribution < -0.4 is 0 Å². The maximum absolute atomic E-state index is 15.3. The molecule has 2 aliphatic rings.